The summed E-state index contributed by atoms with van der Waals surface area (Å²) in [7, 11) is 2.20. The molecule has 0 atom stereocenters. The van der Waals surface area contributed by atoms with Gasteiger partial charge in [-0.3, -0.25) is 9.89 Å². The molecule has 6 heteroatoms. The van der Waals surface area contributed by atoms with Gasteiger partial charge in [-0.05, 0) is 58.9 Å². The lowest BCUT2D eigenvalue weighted by atomic mass is 9.84. The molecule has 0 unspecified atom stereocenters. The molecular weight excluding hydrogens is 353 g/mol. The number of nitrogens with zero attached hydrogens (tertiary/aromatic N) is 3. The van der Waals surface area contributed by atoms with E-state index in [1.54, 1.807) is 0 Å². The summed E-state index contributed by atoms with van der Waals surface area (Å²) in [5.74, 6) is 0.227. The summed E-state index contributed by atoms with van der Waals surface area (Å²) in [5, 5.41) is 0. The van der Waals surface area contributed by atoms with Crippen molar-refractivity contribution in [2.45, 2.75) is 37.6 Å². The molecule has 0 saturated carbocycles. The normalized spacial score (nSPS) is 24.5. The number of aliphatic imine (C=N–C) groups is 1. The average Bonchev–Trinajstić information content (AvgIpc) is 2.39. The molecule has 2 fully saturated rings. The van der Waals surface area contributed by atoms with Crippen LogP contribution in [0.2, 0.25) is 0 Å². The van der Waals surface area contributed by atoms with Gasteiger partial charge in [0.15, 0.2) is 5.96 Å². The van der Waals surface area contributed by atoms with Gasteiger partial charge < -0.3 is 16.4 Å². The van der Waals surface area contributed by atoms with E-state index in [0.29, 0.717) is 0 Å². The van der Waals surface area contributed by atoms with Gasteiger partial charge in [-0.2, -0.15) is 0 Å². The maximum atomic E-state index is 5.52. The smallest absolute Gasteiger partial charge is 0.185 e. The summed E-state index contributed by atoms with van der Waals surface area (Å²) in [6, 6.07) is 0. The van der Waals surface area contributed by atoms with E-state index in [0.717, 1.165) is 19.6 Å². The van der Waals surface area contributed by atoms with Crippen molar-refractivity contribution in [3.63, 3.8) is 0 Å². The van der Waals surface area contributed by atoms with Gasteiger partial charge in [0.2, 0.25) is 0 Å². The van der Waals surface area contributed by atoms with Crippen molar-refractivity contribution in [3.05, 3.63) is 0 Å². The Hall–Kier alpha value is -0.0800. The molecule has 5 nitrogen and oxygen atoms in total. The minimum absolute atomic E-state index is 0. The molecule has 2 saturated heterocycles. The molecule has 0 aliphatic carbocycles. The second-order valence-electron chi connectivity index (χ2n) is 5.82. The molecule has 112 valence electrons. The Kier molecular flexibility index (Phi) is 6.82. The van der Waals surface area contributed by atoms with Crippen LogP contribution in [0.1, 0.15) is 32.1 Å². The number of piperidine rings is 2. The third kappa shape index (κ3) is 4.46. The predicted molar refractivity (Wildman–Crippen MR) is 91.0 cm³/mol. The molecule has 0 bridgehead atoms. The van der Waals surface area contributed by atoms with Gasteiger partial charge in [-0.15, -0.1) is 24.0 Å². The third-order valence-corrected chi connectivity index (χ3v) is 4.50. The summed E-state index contributed by atoms with van der Waals surface area (Å²) in [5.41, 5.74) is 11.3. The topological polar surface area (TPSA) is 70.9 Å². The van der Waals surface area contributed by atoms with Gasteiger partial charge in [-0.25, -0.2) is 0 Å². The van der Waals surface area contributed by atoms with E-state index in [-0.39, 0.29) is 35.5 Å². The number of nitrogens with two attached hydrogens (primary N) is 2. The first-order valence-electron chi connectivity index (χ1n) is 7.11. The van der Waals surface area contributed by atoms with Gasteiger partial charge in [0, 0.05) is 5.54 Å². The van der Waals surface area contributed by atoms with Crippen LogP contribution in [0.15, 0.2) is 4.99 Å². The Morgan fingerprint density at radius 1 is 1.05 bits per heavy atom. The molecule has 0 radical (unpaired) electrons. The SMILES string of the molecule is CN1CCC(CN=C(N)N)(N2CCCCC2)CC1.I. The van der Waals surface area contributed by atoms with Gasteiger partial charge in [-0.1, -0.05) is 6.42 Å². The van der Waals surface area contributed by atoms with Crippen molar-refractivity contribution >= 4 is 29.9 Å². The van der Waals surface area contributed by atoms with Crippen LogP contribution in [-0.2, 0) is 0 Å². The van der Waals surface area contributed by atoms with Crippen LogP contribution >= 0.6 is 24.0 Å². The van der Waals surface area contributed by atoms with Gasteiger partial charge in [0.05, 0.1) is 6.54 Å². The fourth-order valence-corrected chi connectivity index (χ4v) is 3.22. The number of guanidine groups is 1. The number of rotatable bonds is 3. The lowest BCUT2D eigenvalue weighted by Gasteiger charge is -2.49. The fraction of sp³-hybridized carbons (Fsp3) is 0.923. The molecule has 0 aromatic carbocycles. The van der Waals surface area contributed by atoms with E-state index in [9.17, 15) is 0 Å². The van der Waals surface area contributed by atoms with Gasteiger partial charge >= 0.3 is 0 Å². The molecule has 2 aliphatic rings. The molecule has 19 heavy (non-hydrogen) atoms. The first kappa shape index (κ1) is 17.0. The maximum Gasteiger partial charge on any atom is 0.185 e. The zero-order chi connectivity index (χ0) is 13.0. The number of likely N-dealkylation sites (tertiary alicyclic amines) is 2. The Labute approximate surface area is 133 Å². The zero-order valence-electron chi connectivity index (χ0n) is 12.0. The lowest BCUT2D eigenvalue weighted by Crippen LogP contribution is -2.58. The summed E-state index contributed by atoms with van der Waals surface area (Å²) >= 11 is 0. The fourth-order valence-electron chi connectivity index (χ4n) is 3.22. The maximum absolute atomic E-state index is 5.52. The minimum Gasteiger partial charge on any atom is -0.370 e. The van der Waals surface area contributed by atoms with E-state index in [2.05, 4.69) is 21.8 Å². The Bertz CT molecular complexity index is 289. The molecular formula is C13H28IN5. The molecule has 0 aromatic heterocycles. The van der Waals surface area contributed by atoms with Crippen LogP contribution in [-0.4, -0.2) is 61.1 Å². The molecule has 0 spiro atoms. The lowest BCUT2D eigenvalue weighted by molar-refractivity contribution is 0.0208. The minimum atomic E-state index is 0. The Morgan fingerprint density at radius 2 is 1.63 bits per heavy atom. The van der Waals surface area contributed by atoms with E-state index < -0.39 is 0 Å². The number of hydrogen-bond donors (Lipinski definition) is 2. The van der Waals surface area contributed by atoms with Crippen molar-refractivity contribution < 1.29 is 0 Å². The van der Waals surface area contributed by atoms with E-state index in [1.807, 2.05) is 0 Å². The van der Waals surface area contributed by atoms with Crippen molar-refractivity contribution in [2.75, 3.05) is 39.8 Å². The van der Waals surface area contributed by atoms with Crippen molar-refractivity contribution in [1.82, 2.24) is 9.80 Å². The summed E-state index contributed by atoms with van der Waals surface area (Å²) in [6.45, 7) is 5.49. The summed E-state index contributed by atoms with van der Waals surface area (Å²) in [4.78, 5) is 9.38. The van der Waals surface area contributed by atoms with Gasteiger partial charge in [0.25, 0.3) is 0 Å². The third-order valence-electron chi connectivity index (χ3n) is 4.50. The molecule has 2 heterocycles. The predicted octanol–water partition coefficient (Wildman–Crippen LogP) is 0.828. The van der Waals surface area contributed by atoms with Crippen LogP contribution in [0.25, 0.3) is 0 Å². The van der Waals surface area contributed by atoms with E-state index in [4.69, 9.17) is 11.5 Å². The molecule has 0 amide bonds. The highest BCUT2D eigenvalue weighted by molar-refractivity contribution is 14.0. The number of hydrogen-bond acceptors (Lipinski definition) is 3. The summed E-state index contributed by atoms with van der Waals surface area (Å²) in [6.07, 6.45) is 6.37. The van der Waals surface area contributed by atoms with Crippen LogP contribution in [0, 0.1) is 0 Å². The molecule has 4 N–H and O–H groups in total. The van der Waals surface area contributed by atoms with Crippen LogP contribution < -0.4 is 11.5 Å². The standard InChI is InChI=1S/C13H27N5.HI/c1-17-9-5-13(6-10-17,11-16-12(14)15)18-7-3-2-4-8-18;/h2-11H2,1H3,(H4,14,15,16);1H. The first-order chi connectivity index (χ1) is 8.62. The quantitative estimate of drug-likeness (QED) is 0.432. The van der Waals surface area contributed by atoms with Crippen molar-refractivity contribution in [3.8, 4) is 0 Å². The van der Waals surface area contributed by atoms with Gasteiger partial charge in [0.1, 0.15) is 0 Å². The van der Waals surface area contributed by atoms with Crippen LogP contribution in [0.3, 0.4) is 0 Å². The largest absolute Gasteiger partial charge is 0.370 e. The van der Waals surface area contributed by atoms with E-state index >= 15 is 0 Å². The second kappa shape index (κ2) is 7.64. The summed E-state index contributed by atoms with van der Waals surface area (Å²) < 4.78 is 0. The van der Waals surface area contributed by atoms with Crippen molar-refractivity contribution in [1.29, 1.82) is 0 Å². The highest BCUT2D eigenvalue weighted by Crippen LogP contribution is 2.31. The molecule has 2 rings (SSSR count). The second-order valence-corrected chi connectivity index (χ2v) is 5.82. The number of halogens is 1. The average molecular weight is 381 g/mol. The van der Waals surface area contributed by atoms with E-state index in [1.165, 1.54) is 45.2 Å². The molecule has 0 aromatic rings. The van der Waals surface area contributed by atoms with Crippen LogP contribution in [0.5, 0.6) is 0 Å². The monoisotopic (exact) mass is 381 g/mol. The zero-order valence-corrected chi connectivity index (χ0v) is 14.3. The van der Waals surface area contributed by atoms with Crippen molar-refractivity contribution in [2.24, 2.45) is 16.5 Å². The van der Waals surface area contributed by atoms with Crippen LogP contribution in [0.4, 0.5) is 0 Å². The molecule has 2 aliphatic heterocycles. The highest BCUT2D eigenvalue weighted by Gasteiger charge is 2.39. The Balaban J connectivity index is 0.00000180. The Morgan fingerprint density at radius 3 is 2.16 bits per heavy atom. The highest BCUT2D eigenvalue weighted by atomic mass is 127. The first-order valence-corrected chi connectivity index (χ1v) is 7.11.